The molecular formula is C13H18N2O3. The number of methoxy groups -OCH3 is 1. The van der Waals surface area contributed by atoms with E-state index in [4.69, 9.17) is 4.74 Å². The van der Waals surface area contributed by atoms with Crippen molar-refractivity contribution in [1.82, 2.24) is 10.6 Å². The van der Waals surface area contributed by atoms with E-state index in [0.717, 1.165) is 6.42 Å². The van der Waals surface area contributed by atoms with Crippen molar-refractivity contribution < 1.29 is 14.3 Å². The Morgan fingerprint density at radius 3 is 2.50 bits per heavy atom. The molecule has 5 nitrogen and oxygen atoms in total. The number of ether oxygens (including phenoxy) is 1. The Morgan fingerprint density at radius 1 is 1.28 bits per heavy atom. The monoisotopic (exact) mass is 250 g/mol. The molecule has 1 aromatic rings. The summed E-state index contributed by atoms with van der Waals surface area (Å²) in [6.45, 7) is 2.52. The van der Waals surface area contributed by atoms with Crippen molar-refractivity contribution in [2.24, 2.45) is 0 Å². The Bertz CT molecular complexity index is 392. The second-order valence-electron chi connectivity index (χ2n) is 3.77. The molecule has 0 saturated heterocycles. The van der Waals surface area contributed by atoms with Crippen LogP contribution in [0.2, 0.25) is 0 Å². The zero-order valence-corrected chi connectivity index (χ0v) is 10.6. The average Bonchev–Trinajstić information content (AvgIpc) is 2.42. The van der Waals surface area contributed by atoms with E-state index in [9.17, 15) is 9.59 Å². The number of hydrogen-bond donors (Lipinski definition) is 2. The summed E-state index contributed by atoms with van der Waals surface area (Å²) >= 11 is 0. The lowest BCUT2D eigenvalue weighted by Gasteiger charge is -2.17. The van der Waals surface area contributed by atoms with Crippen molar-refractivity contribution in [1.29, 1.82) is 0 Å². The molecule has 0 aliphatic rings. The van der Waals surface area contributed by atoms with Gasteiger partial charge in [0.25, 0.3) is 0 Å². The van der Waals surface area contributed by atoms with Gasteiger partial charge in [0.2, 0.25) is 0 Å². The van der Waals surface area contributed by atoms with E-state index in [-0.39, 0.29) is 6.03 Å². The van der Waals surface area contributed by atoms with Crippen molar-refractivity contribution in [3.8, 4) is 0 Å². The SMILES string of the molecule is CCCNC(=O)NC(C(=O)OC)c1ccccc1. The molecule has 0 saturated carbocycles. The van der Waals surface area contributed by atoms with E-state index in [1.54, 1.807) is 24.3 Å². The topological polar surface area (TPSA) is 67.4 Å². The number of carbonyl (C=O) groups is 2. The molecular weight excluding hydrogens is 232 g/mol. The van der Waals surface area contributed by atoms with Gasteiger partial charge in [-0.1, -0.05) is 37.3 Å². The van der Waals surface area contributed by atoms with Crippen LogP contribution < -0.4 is 10.6 Å². The molecule has 5 heteroatoms. The predicted molar refractivity (Wildman–Crippen MR) is 68.0 cm³/mol. The first kappa shape index (κ1) is 14.0. The molecule has 0 bridgehead atoms. The zero-order valence-electron chi connectivity index (χ0n) is 10.6. The van der Waals surface area contributed by atoms with Crippen LogP contribution in [0.25, 0.3) is 0 Å². The van der Waals surface area contributed by atoms with Crippen molar-refractivity contribution in [3.63, 3.8) is 0 Å². The molecule has 0 heterocycles. The molecule has 0 aromatic heterocycles. The Morgan fingerprint density at radius 2 is 1.94 bits per heavy atom. The Balaban J connectivity index is 2.74. The smallest absolute Gasteiger partial charge is 0.333 e. The highest BCUT2D eigenvalue weighted by Gasteiger charge is 2.22. The van der Waals surface area contributed by atoms with E-state index in [1.807, 2.05) is 13.0 Å². The minimum atomic E-state index is -0.784. The third kappa shape index (κ3) is 4.08. The summed E-state index contributed by atoms with van der Waals surface area (Å²) in [5.74, 6) is -0.493. The van der Waals surface area contributed by atoms with Crippen molar-refractivity contribution in [2.45, 2.75) is 19.4 Å². The number of urea groups is 1. The molecule has 0 aliphatic carbocycles. The Kier molecular flexibility index (Phi) is 5.70. The van der Waals surface area contributed by atoms with Gasteiger partial charge in [-0.3, -0.25) is 0 Å². The quantitative estimate of drug-likeness (QED) is 0.780. The number of benzene rings is 1. The molecule has 0 radical (unpaired) electrons. The van der Waals surface area contributed by atoms with Crippen LogP contribution in [-0.2, 0) is 9.53 Å². The van der Waals surface area contributed by atoms with Crippen LogP contribution in [0.15, 0.2) is 30.3 Å². The standard InChI is InChI=1S/C13H18N2O3/c1-3-9-14-13(17)15-11(12(16)18-2)10-7-5-4-6-8-10/h4-8,11H,3,9H2,1-2H3,(H2,14,15,17). The highest BCUT2D eigenvalue weighted by molar-refractivity contribution is 5.84. The average molecular weight is 250 g/mol. The lowest BCUT2D eigenvalue weighted by molar-refractivity contribution is -0.143. The molecule has 0 aliphatic heterocycles. The zero-order chi connectivity index (χ0) is 13.4. The van der Waals surface area contributed by atoms with Gasteiger partial charge in [0.05, 0.1) is 7.11 Å². The van der Waals surface area contributed by atoms with Crippen molar-refractivity contribution in [2.75, 3.05) is 13.7 Å². The molecule has 2 amide bonds. The highest BCUT2D eigenvalue weighted by Crippen LogP contribution is 2.13. The van der Waals surface area contributed by atoms with Gasteiger partial charge in [0, 0.05) is 6.54 Å². The lowest BCUT2D eigenvalue weighted by atomic mass is 10.1. The summed E-state index contributed by atoms with van der Waals surface area (Å²) in [6.07, 6.45) is 0.835. The van der Waals surface area contributed by atoms with Gasteiger partial charge in [0.1, 0.15) is 0 Å². The van der Waals surface area contributed by atoms with E-state index < -0.39 is 12.0 Å². The second-order valence-corrected chi connectivity index (χ2v) is 3.77. The first-order valence-corrected chi connectivity index (χ1v) is 5.86. The normalized spacial score (nSPS) is 11.4. The summed E-state index contributed by atoms with van der Waals surface area (Å²) in [5, 5.41) is 5.25. The summed E-state index contributed by atoms with van der Waals surface area (Å²) < 4.78 is 4.69. The van der Waals surface area contributed by atoms with Crippen LogP contribution in [0.1, 0.15) is 24.9 Å². The predicted octanol–water partition coefficient (Wildman–Crippen LogP) is 1.61. The maximum atomic E-state index is 11.7. The van der Waals surface area contributed by atoms with Gasteiger partial charge in [-0.25, -0.2) is 9.59 Å². The largest absolute Gasteiger partial charge is 0.467 e. The third-order valence-corrected chi connectivity index (χ3v) is 2.38. The Labute approximate surface area is 107 Å². The molecule has 1 atom stereocenters. The molecule has 98 valence electrons. The number of nitrogens with one attached hydrogen (secondary N) is 2. The van der Waals surface area contributed by atoms with Gasteiger partial charge in [-0.15, -0.1) is 0 Å². The third-order valence-electron chi connectivity index (χ3n) is 2.38. The maximum Gasteiger partial charge on any atom is 0.333 e. The molecule has 1 rings (SSSR count). The fraction of sp³-hybridized carbons (Fsp3) is 0.385. The highest BCUT2D eigenvalue weighted by atomic mass is 16.5. The van der Waals surface area contributed by atoms with Crippen LogP contribution in [0.4, 0.5) is 4.79 Å². The first-order valence-electron chi connectivity index (χ1n) is 5.86. The fourth-order valence-electron chi connectivity index (χ4n) is 1.46. The molecule has 0 spiro atoms. The summed E-state index contributed by atoms with van der Waals surface area (Å²) in [7, 11) is 1.30. The van der Waals surface area contributed by atoms with Crippen LogP contribution in [0.5, 0.6) is 0 Å². The van der Waals surface area contributed by atoms with Gasteiger partial charge >= 0.3 is 12.0 Å². The number of amides is 2. The van der Waals surface area contributed by atoms with Crippen LogP contribution >= 0.6 is 0 Å². The van der Waals surface area contributed by atoms with E-state index in [0.29, 0.717) is 12.1 Å². The maximum absolute atomic E-state index is 11.7. The summed E-state index contributed by atoms with van der Waals surface area (Å²) in [5.41, 5.74) is 0.691. The van der Waals surface area contributed by atoms with Crippen LogP contribution in [-0.4, -0.2) is 25.7 Å². The summed E-state index contributed by atoms with van der Waals surface area (Å²) in [4.78, 5) is 23.2. The van der Waals surface area contributed by atoms with Crippen LogP contribution in [0, 0.1) is 0 Å². The molecule has 1 unspecified atom stereocenters. The minimum Gasteiger partial charge on any atom is -0.467 e. The number of hydrogen-bond acceptors (Lipinski definition) is 3. The van der Waals surface area contributed by atoms with Gasteiger partial charge in [0.15, 0.2) is 6.04 Å². The number of rotatable bonds is 5. The van der Waals surface area contributed by atoms with Gasteiger partial charge in [-0.05, 0) is 12.0 Å². The first-order chi connectivity index (χ1) is 8.69. The Hall–Kier alpha value is -2.04. The molecule has 0 fully saturated rings. The molecule has 2 N–H and O–H groups in total. The van der Waals surface area contributed by atoms with Crippen molar-refractivity contribution >= 4 is 12.0 Å². The van der Waals surface area contributed by atoms with E-state index in [2.05, 4.69) is 10.6 Å². The minimum absolute atomic E-state index is 0.379. The van der Waals surface area contributed by atoms with E-state index in [1.165, 1.54) is 7.11 Å². The second kappa shape index (κ2) is 7.32. The van der Waals surface area contributed by atoms with Gasteiger partial charge in [-0.2, -0.15) is 0 Å². The molecule has 18 heavy (non-hydrogen) atoms. The number of carbonyl (C=O) groups excluding carboxylic acids is 2. The van der Waals surface area contributed by atoms with Crippen molar-refractivity contribution in [3.05, 3.63) is 35.9 Å². The van der Waals surface area contributed by atoms with E-state index >= 15 is 0 Å². The summed E-state index contributed by atoms with van der Waals surface area (Å²) in [6, 6.07) is 7.82. The molecule has 1 aromatic carbocycles. The lowest BCUT2D eigenvalue weighted by Crippen LogP contribution is -2.41. The number of esters is 1. The van der Waals surface area contributed by atoms with Crippen LogP contribution in [0.3, 0.4) is 0 Å². The fourth-order valence-corrected chi connectivity index (χ4v) is 1.46. The van der Waals surface area contributed by atoms with Gasteiger partial charge < -0.3 is 15.4 Å².